The van der Waals surface area contributed by atoms with Crippen LogP contribution in [-0.4, -0.2) is 25.6 Å². The van der Waals surface area contributed by atoms with E-state index in [0.717, 1.165) is 64.9 Å². The van der Waals surface area contributed by atoms with E-state index < -0.39 is 0 Å². The highest BCUT2D eigenvalue weighted by atomic mass is 32.1. The molecule has 0 saturated heterocycles. The number of rotatable bonds is 41. The van der Waals surface area contributed by atoms with Crippen LogP contribution in [0.4, 0.5) is 0 Å². The highest BCUT2D eigenvalue weighted by Gasteiger charge is 2.44. The second-order valence-electron chi connectivity index (χ2n) is 28.8. The van der Waals surface area contributed by atoms with Crippen LogP contribution in [0.5, 0.6) is 5.75 Å². The van der Waals surface area contributed by atoms with E-state index in [9.17, 15) is 0 Å². The highest BCUT2D eigenvalue weighted by molar-refractivity contribution is 7.00. The van der Waals surface area contributed by atoms with E-state index in [2.05, 4.69) is 176 Å². The molecule has 0 radical (unpaired) electrons. The Balaban J connectivity index is 1.02. The van der Waals surface area contributed by atoms with Gasteiger partial charge in [0.1, 0.15) is 16.8 Å². The van der Waals surface area contributed by atoms with Crippen LogP contribution in [0.2, 0.25) is 0 Å². The van der Waals surface area contributed by atoms with Crippen molar-refractivity contribution in [2.24, 2.45) is 0 Å². The Morgan fingerprint density at radius 1 is 0.326 bits per heavy atom. The lowest BCUT2D eigenvalue weighted by molar-refractivity contribution is 0.304. The normalized spacial score (nSPS) is 13.4. The zero-order valence-electron chi connectivity index (χ0n) is 59.4. The summed E-state index contributed by atoms with van der Waals surface area (Å²) >= 11 is 1.33. The fourth-order valence-electron chi connectivity index (χ4n) is 16.4. The SMILES string of the molecule is CCCCCCCCOc1ccc(-c2nnc(-c3cc(-c4ccc5c(c4)C(CCCCCCCC)(CCCCCCCC)c4cc(-c6ccc(C)c7nsnc67)ccc4-5)ccc3-c3ccc4c(c3)C(CCCCCCCC)(CCCCCCCC)c3cc(C)ccc3-4)o2)cc1. The first kappa shape index (κ1) is 69.6. The van der Waals surface area contributed by atoms with Crippen LogP contribution in [-0.2, 0) is 10.8 Å². The van der Waals surface area contributed by atoms with Crippen LogP contribution in [0, 0.1) is 13.8 Å². The lowest BCUT2D eigenvalue weighted by Crippen LogP contribution is -2.25. The third-order valence-electron chi connectivity index (χ3n) is 21.8. The number of nitrogens with zero attached hydrogens (tertiary/aromatic N) is 4. The maximum absolute atomic E-state index is 6.99. The highest BCUT2D eigenvalue weighted by Crippen LogP contribution is 2.58. The Kier molecular flexibility index (Phi) is 25.3. The number of benzene rings is 7. The molecule has 2 aromatic heterocycles. The maximum atomic E-state index is 6.99. The molecule has 0 amide bonds. The molecule has 0 saturated carbocycles. The van der Waals surface area contributed by atoms with Gasteiger partial charge >= 0.3 is 0 Å². The number of aryl methyl sites for hydroxylation is 2. The molecule has 0 bridgehead atoms. The summed E-state index contributed by atoms with van der Waals surface area (Å²) in [5.74, 6) is 1.92. The first-order valence-corrected chi connectivity index (χ1v) is 39.0. The van der Waals surface area contributed by atoms with Gasteiger partial charge < -0.3 is 9.15 Å². The molecule has 2 aliphatic rings. The standard InChI is InChI=1S/C88H112N4O2S/c1-8-13-18-23-28-33-54-87(55-34-29-24-19-14-9-2)79-59-64(6)38-48-74(79)76-52-44-69(62-81(76)87)72-50-42-67(60-78(72)86-90-89-85(94-86)66-40-46-71(47-41-66)93-58-37-32-27-22-17-12-5)68-43-51-75-77-53-45-70(73-49-39-65(7)83-84(73)92-95-91-83)63-82(77)88(80(75)61-68,56-35-30-25-20-15-10-3)57-36-31-26-21-16-11-4/h38-53,59-63H,8-37,54-58H2,1-7H3. The third-order valence-corrected chi connectivity index (χ3v) is 22.3. The minimum Gasteiger partial charge on any atom is -0.494 e. The zero-order chi connectivity index (χ0) is 65.8. The van der Waals surface area contributed by atoms with Crippen molar-refractivity contribution in [1.29, 1.82) is 0 Å². The van der Waals surface area contributed by atoms with Crippen molar-refractivity contribution in [3.63, 3.8) is 0 Å². The maximum Gasteiger partial charge on any atom is 0.248 e. The lowest BCUT2D eigenvalue weighted by atomic mass is 9.69. The third kappa shape index (κ3) is 16.3. The second kappa shape index (κ2) is 34.5. The van der Waals surface area contributed by atoms with Crippen LogP contribution >= 0.6 is 11.7 Å². The molecule has 7 heteroatoms. The molecule has 11 rings (SSSR count). The molecule has 0 atom stereocenters. The van der Waals surface area contributed by atoms with Gasteiger partial charge in [0.2, 0.25) is 11.8 Å². The van der Waals surface area contributed by atoms with Crippen LogP contribution in [0.15, 0.2) is 132 Å². The van der Waals surface area contributed by atoms with Gasteiger partial charge in [0.05, 0.1) is 18.3 Å². The number of unbranched alkanes of at least 4 members (excludes halogenated alkanes) is 25. The van der Waals surface area contributed by atoms with Gasteiger partial charge in [-0.2, -0.15) is 8.75 Å². The summed E-state index contributed by atoms with van der Waals surface area (Å²) < 4.78 is 22.9. The van der Waals surface area contributed by atoms with Crippen LogP contribution < -0.4 is 4.74 Å². The molecule has 95 heavy (non-hydrogen) atoms. The van der Waals surface area contributed by atoms with Crippen molar-refractivity contribution in [2.45, 2.75) is 278 Å². The molecule has 0 fully saturated rings. The van der Waals surface area contributed by atoms with Gasteiger partial charge in [-0.25, -0.2) is 0 Å². The first-order chi connectivity index (χ1) is 46.7. The molecule has 9 aromatic rings. The summed E-state index contributed by atoms with van der Waals surface area (Å²) in [4.78, 5) is 0. The quantitative estimate of drug-likeness (QED) is 0.0356. The molecule has 0 unspecified atom stereocenters. The van der Waals surface area contributed by atoms with Crippen LogP contribution in [0.25, 0.3) is 89.6 Å². The van der Waals surface area contributed by atoms with Gasteiger partial charge in [-0.15, -0.1) is 10.2 Å². The summed E-state index contributed by atoms with van der Waals surface area (Å²) in [6, 6.07) is 49.6. The predicted molar refractivity (Wildman–Crippen MR) is 405 cm³/mol. The van der Waals surface area contributed by atoms with Gasteiger partial charge in [0.25, 0.3) is 0 Å². The fourth-order valence-corrected chi connectivity index (χ4v) is 17.0. The van der Waals surface area contributed by atoms with Gasteiger partial charge in [0.15, 0.2) is 0 Å². The monoisotopic (exact) mass is 1290 g/mol. The zero-order valence-corrected chi connectivity index (χ0v) is 60.2. The molecule has 6 nitrogen and oxygen atoms in total. The van der Waals surface area contributed by atoms with E-state index in [4.69, 9.17) is 28.1 Å². The van der Waals surface area contributed by atoms with Crippen molar-refractivity contribution in [3.8, 4) is 84.3 Å². The predicted octanol–water partition coefficient (Wildman–Crippen LogP) is 27.3. The average Bonchev–Trinajstić information content (AvgIpc) is 1.57. The lowest BCUT2D eigenvalue weighted by Gasteiger charge is -2.33. The number of fused-ring (bicyclic) bond motifs is 7. The van der Waals surface area contributed by atoms with Gasteiger partial charge in [-0.3, -0.25) is 0 Å². The molecule has 7 aromatic carbocycles. The molecule has 0 spiro atoms. The van der Waals surface area contributed by atoms with Crippen LogP contribution in [0.1, 0.15) is 286 Å². The van der Waals surface area contributed by atoms with Gasteiger partial charge in [0, 0.05) is 27.5 Å². The second-order valence-corrected chi connectivity index (χ2v) is 29.3. The van der Waals surface area contributed by atoms with Gasteiger partial charge in [-0.05, 0) is 172 Å². The largest absolute Gasteiger partial charge is 0.494 e. The Bertz CT molecular complexity index is 3850. The van der Waals surface area contributed by atoms with Crippen molar-refractivity contribution in [1.82, 2.24) is 18.9 Å². The molecular formula is C88H112N4O2S. The van der Waals surface area contributed by atoms with E-state index in [-0.39, 0.29) is 10.8 Å². The molecular weight excluding hydrogens is 1180 g/mol. The van der Waals surface area contributed by atoms with E-state index >= 15 is 0 Å². The summed E-state index contributed by atoms with van der Waals surface area (Å²) in [6.07, 6.45) is 42.8. The van der Waals surface area contributed by atoms with Crippen molar-refractivity contribution in [2.75, 3.05) is 6.61 Å². The molecule has 0 aliphatic heterocycles. The van der Waals surface area contributed by atoms with E-state index in [1.165, 1.54) is 283 Å². The number of hydrogen-bond acceptors (Lipinski definition) is 7. The smallest absolute Gasteiger partial charge is 0.248 e. The minimum absolute atomic E-state index is 0.0604. The molecule has 0 N–H and O–H groups in total. The van der Waals surface area contributed by atoms with E-state index in [1.807, 2.05) is 0 Å². The van der Waals surface area contributed by atoms with Crippen molar-refractivity contribution < 1.29 is 9.15 Å². The van der Waals surface area contributed by atoms with E-state index in [0.29, 0.717) is 11.8 Å². The summed E-state index contributed by atoms with van der Waals surface area (Å²) in [7, 11) is 0. The number of ether oxygens (including phenoxy) is 1. The summed E-state index contributed by atoms with van der Waals surface area (Å²) in [6.45, 7) is 16.8. The minimum atomic E-state index is -0.145. The number of aromatic nitrogens is 4. The molecule has 2 heterocycles. The van der Waals surface area contributed by atoms with Gasteiger partial charge in [-0.1, -0.05) is 305 Å². The average molecular weight is 1290 g/mol. The summed E-state index contributed by atoms with van der Waals surface area (Å²) in [5.41, 5.74) is 24.9. The van der Waals surface area contributed by atoms with Crippen LogP contribution in [0.3, 0.4) is 0 Å². The first-order valence-electron chi connectivity index (χ1n) is 38.2. The van der Waals surface area contributed by atoms with Crippen molar-refractivity contribution in [3.05, 3.63) is 161 Å². The fraction of sp³-hybridized carbons (Fsp3) is 0.500. The Hall–Kier alpha value is -6.70. The molecule has 2 aliphatic carbocycles. The van der Waals surface area contributed by atoms with E-state index in [1.54, 1.807) is 5.56 Å². The molecule has 502 valence electrons. The summed E-state index contributed by atoms with van der Waals surface area (Å²) in [5, 5.41) is 9.86. The number of hydrogen-bond donors (Lipinski definition) is 0. The topological polar surface area (TPSA) is 73.9 Å². The van der Waals surface area contributed by atoms with Crippen molar-refractivity contribution >= 4 is 22.8 Å². The Labute approximate surface area is 576 Å². The Morgan fingerprint density at radius 3 is 1.22 bits per heavy atom. The Morgan fingerprint density at radius 2 is 0.705 bits per heavy atom.